The maximum absolute atomic E-state index is 12.4. The molecule has 2 amide bonds. The van der Waals surface area contributed by atoms with Gasteiger partial charge < -0.3 is 10.2 Å². The van der Waals surface area contributed by atoms with E-state index in [1.807, 2.05) is 0 Å². The number of amides is 2. The zero-order valence-corrected chi connectivity index (χ0v) is 15.1. The topological polar surface area (TPSA) is 110 Å². The molecule has 9 heteroatoms. The van der Waals surface area contributed by atoms with Crippen LogP contribution in [0.3, 0.4) is 0 Å². The van der Waals surface area contributed by atoms with Crippen LogP contribution >= 0.6 is 11.6 Å². The van der Waals surface area contributed by atoms with Crippen LogP contribution in [0.5, 0.6) is 0 Å². The van der Waals surface area contributed by atoms with Crippen molar-refractivity contribution in [2.75, 3.05) is 16.8 Å². The lowest BCUT2D eigenvalue weighted by atomic mass is 10.1. The molecule has 3 N–H and O–H groups in total. The van der Waals surface area contributed by atoms with Gasteiger partial charge in [-0.3, -0.25) is 9.59 Å². The normalized spacial score (nSPS) is 17.4. The predicted molar refractivity (Wildman–Crippen MR) is 98.4 cm³/mol. The molecule has 0 aromatic heterocycles. The molecule has 1 aliphatic heterocycles. The molecule has 3 rings (SSSR count). The van der Waals surface area contributed by atoms with Crippen LogP contribution in [0.25, 0.3) is 0 Å². The molecule has 1 atom stereocenters. The molecule has 0 radical (unpaired) electrons. The molecule has 2 aromatic carbocycles. The molecule has 0 aliphatic carbocycles. The van der Waals surface area contributed by atoms with Gasteiger partial charge in [0.05, 0.1) is 21.5 Å². The van der Waals surface area contributed by atoms with E-state index in [9.17, 15) is 18.0 Å². The molecular formula is C17H16ClN3O4S. The number of nitrogens with zero attached hydrogens (tertiary/aromatic N) is 1. The molecule has 7 nitrogen and oxygen atoms in total. The quantitative estimate of drug-likeness (QED) is 0.827. The predicted octanol–water partition coefficient (Wildman–Crippen LogP) is 1.98. The summed E-state index contributed by atoms with van der Waals surface area (Å²) in [6, 6.07) is 12.5. The van der Waals surface area contributed by atoms with E-state index in [0.29, 0.717) is 16.4 Å². The molecule has 2 aromatic rings. The monoisotopic (exact) mass is 393 g/mol. The molecule has 1 saturated heterocycles. The van der Waals surface area contributed by atoms with Crippen molar-refractivity contribution in [3.63, 3.8) is 0 Å². The summed E-state index contributed by atoms with van der Waals surface area (Å²) in [6.07, 6.45) is 0.0757. The van der Waals surface area contributed by atoms with Crippen LogP contribution in [-0.4, -0.2) is 26.8 Å². The number of halogens is 1. The maximum Gasteiger partial charge on any atom is 0.238 e. The molecule has 1 heterocycles. The van der Waals surface area contributed by atoms with Crippen LogP contribution in [0, 0.1) is 5.92 Å². The minimum Gasteiger partial charge on any atom is -0.326 e. The molecule has 1 fully saturated rings. The van der Waals surface area contributed by atoms with E-state index in [1.165, 1.54) is 29.2 Å². The van der Waals surface area contributed by atoms with Crippen LogP contribution in [0.1, 0.15) is 6.42 Å². The van der Waals surface area contributed by atoms with Crippen molar-refractivity contribution < 1.29 is 18.0 Å². The lowest BCUT2D eigenvalue weighted by Gasteiger charge is -2.18. The first-order valence-electron chi connectivity index (χ1n) is 7.74. The highest BCUT2D eigenvalue weighted by Crippen LogP contribution is 2.31. The van der Waals surface area contributed by atoms with Gasteiger partial charge in [0.15, 0.2) is 0 Å². The summed E-state index contributed by atoms with van der Waals surface area (Å²) in [5.41, 5.74) is 0.998. The summed E-state index contributed by atoms with van der Waals surface area (Å²) >= 11 is 6.12. The van der Waals surface area contributed by atoms with Gasteiger partial charge in [0.2, 0.25) is 21.8 Å². The third kappa shape index (κ3) is 3.87. The number of primary sulfonamides is 1. The first-order valence-corrected chi connectivity index (χ1v) is 9.67. The largest absolute Gasteiger partial charge is 0.326 e. The Labute approximate surface area is 155 Å². The first kappa shape index (κ1) is 18.4. The van der Waals surface area contributed by atoms with Crippen LogP contribution in [0.4, 0.5) is 11.4 Å². The van der Waals surface area contributed by atoms with Crippen LogP contribution in [0.2, 0.25) is 5.02 Å². The van der Waals surface area contributed by atoms with E-state index in [0.717, 1.165) is 0 Å². The van der Waals surface area contributed by atoms with Crippen molar-refractivity contribution >= 4 is 44.8 Å². The molecular weight excluding hydrogens is 378 g/mol. The Morgan fingerprint density at radius 3 is 2.42 bits per heavy atom. The Kier molecular flexibility index (Phi) is 4.99. The zero-order chi connectivity index (χ0) is 18.9. The van der Waals surface area contributed by atoms with Gasteiger partial charge in [0.25, 0.3) is 0 Å². The number of carbonyl (C=O) groups is 2. The van der Waals surface area contributed by atoms with Crippen molar-refractivity contribution in [2.45, 2.75) is 11.3 Å². The minimum absolute atomic E-state index is 0.0450. The number of carbonyl (C=O) groups excluding carboxylic acids is 2. The SMILES string of the molecule is NS(=O)(=O)c1ccc(NC(=O)[C@@H]2CC(=O)N(c3ccccc3Cl)C2)cc1. The zero-order valence-electron chi connectivity index (χ0n) is 13.6. The van der Waals surface area contributed by atoms with Crippen molar-refractivity contribution in [3.05, 3.63) is 53.6 Å². The van der Waals surface area contributed by atoms with Gasteiger partial charge in [-0.25, -0.2) is 13.6 Å². The van der Waals surface area contributed by atoms with Crippen molar-refractivity contribution in [3.8, 4) is 0 Å². The summed E-state index contributed by atoms with van der Waals surface area (Å²) in [6.45, 7) is 0.226. The van der Waals surface area contributed by atoms with Crippen LogP contribution in [-0.2, 0) is 19.6 Å². The van der Waals surface area contributed by atoms with Gasteiger partial charge in [-0.2, -0.15) is 0 Å². The van der Waals surface area contributed by atoms with E-state index in [2.05, 4.69) is 5.32 Å². The van der Waals surface area contributed by atoms with Gasteiger partial charge >= 0.3 is 0 Å². The molecule has 0 saturated carbocycles. The third-order valence-electron chi connectivity index (χ3n) is 4.09. The fourth-order valence-electron chi connectivity index (χ4n) is 2.76. The smallest absolute Gasteiger partial charge is 0.238 e. The lowest BCUT2D eigenvalue weighted by molar-refractivity contribution is -0.122. The van der Waals surface area contributed by atoms with Crippen molar-refractivity contribution in [1.82, 2.24) is 0 Å². The Balaban J connectivity index is 1.70. The number of nitrogens with one attached hydrogen (secondary N) is 1. The van der Waals surface area contributed by atoms with Gasteiger partial charge in [-0.15, -0.1) is 0 Å². The van der Waals surface area contributed by atoms with E-state index in [-0.39, 0.29) is 29.7 Å². The molecule has 0 spiro atoms. The second kappa shape index (κ2) is 7.06. The van der Waals surface area contributed by atoms with E-state index in [1.54, 1.807) is 24.3 Å². The molecule has 136 valence electrons. The number of hydrogen-bond acceptors (Lipinski definition) is 4. The van der Waals surface area contributed by atoms with Gasteiger partial charge in [0, 0.05) is 18.7 Å². The number of anilines is 2. The van der Waals surface area contributed by atoms with Crippen LogP contribution < -0.4 is 15.4 Å². The number of hydrogen-bond donors (Lipinski definition) is 2. The summed E-state index contributed by atoms with van der Waals surface area (Å²) in [4.78, 5) is 26.1. The highest BCUT2D eigenvalue weighted by atomic mass is 35.5. The van der Waals surface area contributed by atoms with Crippen molar-refractivity contribution in [1.29, 1.82) is 0 Å². The highest BCUT2D eigenvalue weighted by Gasteiger charge is 2.35. The number of sulfonamides is 1. The molecule has 26 heavy (non-hydrogen) atoms. The average Bonchev–Trinajstić information content (AvgIpc) is 2.97. The third-order valence-corrected chi connectivity index (χ3v) is 5.34. The second-order valence-corrected chi connectivity index (χ2v) is 7.88. The van der Waals surface area contributed by atoms with E-state index < -0.39 is 15.9 Å². The summed E-state index contributed by atoms with van der Waals surface area (Å²) in [7, 11) is -3.79. The fourth-order valence-corrected chi connectivity index (χ4v) is 3.51. The number of para-hydroxylation sites is 1. The van der Waals surface area contributed by atoms with E-state index in [4.69, 9.17) is 16.7 Å². The maximum atomic E-state index is 12.4. The van der Waals surface area contributed by atoms with Crippen molar-refractivity contribution in [2.24, 2.45) is 11.1 Å². The summed E-state index contributed by atoms with van der Waals surface area (Å²) < 4.78 is 22.5. The van der Waals surface area contributed by atoms with Gasteiger partial charge in [-0.05, 0) is 36.4 Å². The molecule has 0 unspecified atom stereocenters. The Hall–Kier alpha value is -2.42. The number of nitrogens with two attached hydrogens (primary N) is 1. The molecule has 1 aliphatic rings. The van der Waals surface area contributed by atoms with Gasteiger partial charge in [-0.1, -0.05) is 23.7 Å². The second-order valence-electron chi connectivity index (χ2n) is 5.92. The fraction of sp³-hybridized carbons (Fsp3) is 0.176. The minimum atomic E-state index is -3.79. The lowest BCUT2D eigenvalue weighted by Crippen LogP contribution is -2.28. The number of benzene rings is 2. The standard InChI is InChI=1S/C17H16ClN3O4S/c18-14-3-1-2-4-15(14)21-10-11(9-16(21)22)17(23)20-12-5-7-13(8-6-12)26(19,24)25/h1-8,11H,9-10H2,(H,20,23)(H2,19,24,25)/t11-/m1/s1. The molecule has 0 bridgehead atoms. The summed E-state index contributed by atoms with van der Waals surface area (Å²) in [5, 5.41) is 8.16. The van der Waals surface area contributed by atoms with Crippen LogP contribution in [0.15, 0.2) is 53.4 Å². The first-order chi connectivity index (χ1) is 12.3. The summed E-state index contributed by atoms with van der Waals surface area (Å²) in [5.74, 6) is -1.03. The average molecular weight is 394 g/mol. The number of rotatable bonds is 4. The Morgan fingerprint density at radius 2 is 1.81 bits per heavy atom. The Bertz CT molecular complexity index is 960. The van der Waals surface area contributed by atoms with E-state index >= 15 is 0 Å². The van der Waals surface area contributed by atoms with Gasteiger partial charge in [0.1, 0.15) is 0 Å². The Morgan fingerprint density at radius 1 is 1.15 bits per heavy atom. The highest BCUT2D eigenvalue weighted by molar-refractivity contribution is 7.89.